The lowest BCUT2D eigenvalue weighted by atomic mass is 10.1. The molecule has 0 bridgehead atoms. The Bertz CT molecular complexity index is 166. The number of hydrogen-bond donors (Lipinski definition) is 0. The highest BCUT2D eigenvalue weighted by atomic mass is 31.0. The van der Waals surface area contributed by atoms with Crippen LogP contribution in [0.4, 0.5) is 0 Å². The third kappa shape index (κ3) is 6.97. The molecule has 0 spiro atoms. The Hall–Kier alpha value is 0.527. The van der Waals surface area contributed by atoms with Gasteiger partial charge >= 0.3 is 8.80 Å². The lowest BCUT2D eigenvalue weighted by Gasteiger charge is -2.30. The van der Waals surface area contributed by atoms with E-state index in [1.165, 1.54) is 0 Å². The third-order valence-corrected chi connectivity index (χ3v) is 5.50. The van der Waals surface area contributed by atoms with Crippen LogP contribution in [0.3, 0.4) is 0 Å². The van der Waals surface area contributed by atoms with Crippen LogP contribution in [0.1, 0.15) is 41.0 Å². The Kier molecular flexibility index (Phi) is 8.03. The molecule has 0 amide bonds. The van der Waals surface area contributed by atoms with Crippen LogP contribution >= 0.6 is 9.24 Å². The highest BCUT2D eigenvalue weighted by molar-refractivity contribution is 7.18. The Balaban J connectivity index is 4.46. The SMILES string of the molecule is CCO[Si](CCC(C)(C)P)(OCC)OCC. The van der Waals surface area contributed by atoms with Crippen molar-refractivity contribution in [2.45, 2.75) is 52.2 Å². The predicted molar refractivity (Wildman–Crippen MR) is 73.8 cm³/mol. The van der Waals surface area contributed by atoms with Crippen LogP contribution in [0.2, 0.25) is 6.04 Å². The highest BCUT2D eigenvalue weighted by Crippen LogP contribution is 2.28. The van der Waals surface area contributed by atoms with E-state index in [9.17, 15) is 0 Å². The average molecular weight is 266 g/mol. The van der Waals surface area contributed by atoms with Gasteiger partial charge in [-0.25, -0.2) is 0 Å². The van der Waals surface area contributed by atoms with Crippen LogP contribution in [0.15, 0.2) is 0 Å². The van der Waals surface area contributed by atoms with Crippen molar-refractivity contribution in [1.82, 2.24) is 0 Å². The minimum atomic E-state index is -2.42. The molecule has 5 heteroatoms. The Labute approximate surface area is 104 Å². The van der Waals surface area contributed by atoms with Crippen molar-refractivity contribution in [3.8, 4) is 0 Å². The van der Waals surface area contributed by atoms with E-state index in [1.54, 1.807) is 0 Å². The van der Waals surface area contributed by atoms with Crippen molar-refractivity contribution in [3.63, 3.8) is 0 Å². The van der Waals surface area contributed by atoms with Gasteiger partial charge in [0, 0.05) is 25.9 Å². The molecule has 98 valence electrons. The zero-order valence-electron chi connectivity index (χ0n) is 11.3. The summed E-state index contributed by atoms with van der Waals surface area (Å²) in [6.45, 7) is 12.3. The topological polar surface area (TPSA) is 27.7 Å². The maximum atomic E-state index is 5.79. The lowest BCUT2D eigenvalue weighted by Crippen LogP contribution is -2.46. The maximum Gasteiger partial charge on any atom is 0.500 e. The average Bonchev–Trinajstić information content (AvgIpc) is 2.15. The fourth-order valence-electron chi connectivity index (χ4n) is 1.48. The van der Waals surface area contributed by atoms with Crippen molar-refractivity contribution in [2.24, 2.45) is 0 Å². The zero-order chi connectivity index (χ0) is 12.7. The largest absolute Gasteiger partial charge is 0.500 e. The van der Waals surface area contributed by atoms with Crippen LogP contribution in [0.5, 0.6) is 0 Å². The molecule has 0 aromatic rings. The van der Waals surface area contributed by atoms with Crippen LogP contribution in [-0.2, 0) is 13.3 Å². The van der Waals surface area contributed by atoms with Gasteiger partial charge in [0.25, 0.3) is 0 Å². The number of hydrogen-bond acceptors (Lipinski definition) is 3. The Morgan fingerprint density at radius 2 is 1.31 bits per heavy atom. The van der Waals surface area contributed by atoms with Gasteiger partial charge in [-0.2, -0.15) is 0 Å². The first kappa shape index (κ1) is 16.5. The molecule has 0 rings (SSSR count). The molecule has 0 fully saturated rings. The second-order valence-corrected chi connectivity index (χ2v) is 8.77. The summed E-state index contributed by atoms with van der Waals surface area (Å²) in [5.74, 6) is 0. The fraction of sp³-hybridized carbons (Fsp3) is 1.00. The molecule has 0 saturated heterocycles. The van der Waals surface area contributed by atoms with Crippen LogP contribution < -0.4 is 0 Å². The summed E-state index contributed by atoms with van der Waals surface area (Å²) in [4.78, 5) is 0. The van der Waals surface area contributed by atoms with Gasteiger partial charge in [-0.1, -0.05) is 13.8 Å². The van der Waals surface area contributed by atoms with Crippen molar-refractivity contribution >= 4 is 18.0 Å². The molecular weight excluding hydrogens is 239 g/mol. The Morgan fingerprint density at radius 3 is 1.56 bits per heavy atom. The second kappa shape index (κ2) is 7.78. The maximum absolute atomic E-state index is 5.79. The summed E-state index contributed by atoms with van der Waals surface area (Å²) in [6.07, 6.45) is 1.03. The summed E-state index contributed by atoms with van der Waals surface area (Å²) in [7, 11) is 0.439. The molecular formula is C11H27O3PSi. The second-order valence-electron chi connectivity index (χ2n) is 4.47. The van der Waals surface area contributed by atoms with Gasteiger partial charge in [-0.3, -0.25) is 0 Å². The normalized spacial score (nSPS) is 13.1. The molecule has 0 saturated carbocycles. The minimum absolute atomic E-state index is 0.212. The van der Waals surface area contributed by atoms with Gasteiger partial charge in [0.15, 0.2) is 0 Å². The van der Waals surface area contributed by atoms with E-state index in [0.717, 1.165) is 12.5 Å². The van der Waals surface area contributed by atoms with Crippen LogP contribution in [0, 0.1) is 0 Å². The van der Waals surface area contributed by atoms with Crippen molar-refractivity contribution < 1.29 is 13.3 Å². The third-order valence-electron chi connectivity index (χ3n) is 2.17. The Morgan fingerprint density at radius 1 is 0.938 bits per heavy atom. The molecule has 0 radical (unpaired) electrons. The molecule has 0 heterocycles. The summed E-state index contributed by atoms with van der Waals surface area (Å²) < 4.78 is 17.4. The zero-order valence-corrected chi connectivity index (χ0v) is 13.5. The first-order chi connectivity index (χ1) is 7.39. The van der Waals surface area contributed by atoms with E-state index < -0.39 is 8.80 Å². The number of rotatable bonds is 9. The minimum Gasteiger partial charge on any atom is -0.374 e. The van der Waals surface area contributed by atoms with Gasteiger partial charge in [-0.15, -0.1) is 9.24 Å². The smallest absolute Gasteiger partial charge is 0.374 e. The van der Waals surface area contributed by atoms with Crippen LogP contribution in [0.25, 0.3) is 0 Å². The molecule has 0 N–H and O–H groups in total. The predicted octanol–water partition coefficient (Wildman–Crippen LogP) is 3.08. The molecule has 1 atom stereocenters. The van der Waals surface area contributed by atoms with Crippen LogP contribution in [-0.4, -0.2) is 33.8 Å². The first-order valence-corrected chi connectivity index (χ1v) is 8.60. The molecule has 0 aliphatic rings. The quantitative estimate of drug-likeness (QED) is 0.474. The van der Waals surface area contributed by atoms with Gasteiger partial charge in [0.05, 0.1) is 0 Å². The molecule has 16 heavy (non-hydrogen) atoms. The van der Waals surface area contributed by atoms with Crippen molar-refractivity contribution in [1.29, 1.82) is 0 Å². The summed E-state index contributed by atoms with van der Waals surface area (Å²) >= 11 is 0. The fourth-order valence-corrected chi connectivity index (χ4v) is 4.86. The summed E-state index contributed by atoms with van der Waals surface area (Å²) in [6, 6.07) is 0.888. The van der Waals surface area contributed by atoms with E-state index >= 15 is 0 Å². The van der Waals surface area contributed by atoms with Gasteiger partial charge in [-0.05, 0) is 32.3 Å². The van der Waals surface area contributed by atoms with E-state index in [-0.39, 0.29) is 5.16 Å². The van der Waals surface area contributed by atoms with Gasteiger partial charge < -0.3 is 13.3 Å². The molecule has 0 aliphatic heterocycles. The standard InChI is InChI=1S/C11H27O3PSi/c1-6-12-16(13-7-2,14-8-3)10-9-11(4,5)15/h6-10,15H2,1-5H3. The highest BCUT2D eigenvalue weighted by Gasteiger charge is 2.40. The van der Waals surface area contributed by atoms with Gasteiger partial charge in [0.1, 0.15) is 0 Å². The molecule has 3 nitrogen and oxygen atoms in total. The molecule has 1 unspecified atom stereocenters. The summed E-state index contributed by atoms with van der Waals surface area (Å²) in [5.41, 5.74) is 0. The molecule has 0 aromatic heterocycles. The van der Waals surface area contributed by atoms with Gasteiger partial charge in [0.2, 0.25) is 0 Å². The van der Waals surface area contributed by atoms with E-state index in [2.05, 4.69) is 23.1 Å². The van der Waals surface area contributed by atoms with Crippen molar-refractivity contribution in [2.75, 3.05) is 19.8 Å². The molecule has 0 aromatic carbocycles. The molecule has 0 aliphatic carbocycles. The van der Waals surface area contributed by atoms with Crippen molar-refractivity contribution in [3.05, 3.63) is 0 Å². The summed E-state index contributed by atoms with van der Waals surface area (Å²) in [5, 5.41) is 0.212. The monoisotopic (exact) mass is 266 g/mol. The van der Waals surface area contributed by atoms with E-state index in [0.29, 0.717) is 19.8 Å². The first-order valence-electron chi connectivity index (χ1n) is 6.10. The lowest BCUT2D eigenvalue weighted by molar-refractivity contribution is 0.0702. The van der Waals surface area contributed by atoms with E-state index in [4.69, 9.17) is 13.3 Å². The van der Waals surface area contributed by atoms with E-state index in [1.807, 2.05) is 20.8 Å².